The molecule has 0 fully saturated rings. The zero-order valence-electron chi connectivity index (χ0n) is 13.7. The van der Waals surface area contributed by atoms with Gasteiger partial charge in [0.1, 0.15) is 0 Å². The molecule has 2 aromatic carbocycles. The Morgan fingerprint density at radius 2 is 1.92 bits per heavy atom. The summed E-state index contributed by atoms with van der Waals surface area (Å²) in [4.78, 5) is 24.7. The highest BCUT2D eigenvalue weighted by atomic mass is 32.2. The molecular weight excluding hydrogens is 322 g/mol. The van der Waals surface area contributed by atoms with E-state index in [9.17, 15) is 9.59 Å². The minimum absolute atomic E-state index is 0.108. The summed E-state index contributed by atoms with van der Waals surface area (Å²) in [5, 5.41) is 5.52. The second-order valence-corrected chi connectivity index (χ2v) is 6.28. The van der Waals surface area contributed by atoms with Crippen LogP contribution in [0.5, 0.6) is 0 Å². The number of rotatable bonds is 6. The van der Waals surface area contributed by atoms with Gasteiger partial charge in [0.05, 0.1) is 12.5 Å². The van der Waals surface area contributed by atoms with Crippen LogP contribution in [0.1, 0.15) is 23.6 Å². The van der Waals surface area contributed by atoms with Crippen molar-refractivity contribution < 1.29 is 9.59 Å². The van der Waals surface area contributed by atoms with E-state index in [0.29, 0.717) is 0 Å². The summed E-state index contributed by atoms with van der Waals surface area (Å²) in [7, 11) is 0. The van der Waals surface area contributed by atoms with Crippen molar-refractivity contribution in [3.63, 3.8) is 0 Å². The number of carbonyl (C=O) groups excluding carboxylic acids is 2. The van der Waals surface area contributed by atoms with Gasteiger partial charge in [0.25, 0.3) is 0 Å². The molecule has 24 heavy (non-hydrogen) atoms. The van der Waals surface area contributed by atoms with Gasteiger partial charge in [-0.15, -0.1) is 11.8 Å². The topological polar surface area (TPSA) is 84.2 Å². The number of nitrogens with two attached hydrogens (primary N) is 1. The molecule has 1 unspecified atom stereocenters. The van der Waals surface area contributed by atoms with E-state index in [1.165, 1.54) is 0 Å². The summed E-state index contributed by atoms with van der Waals surface area (Å²) in [6.45, 7) is 1.94. The Balaban J connectivity index is 2.12. The summed E-state index contributed by atoms with van der Waals surface area (Å²) in [6.07, 6.45) is 2.09. The molecule has 2 rings (SSSR count). The predicted octanol–water partition coefficient (Wildman–Crippen LogP) is 3.46. The Morgan fingerprint density at radius 1 is 1.17 bits per heavy atom. The Morgan fingerprint density at radius 3 is 2.58 bits per heavy atom. The summed E-state index contributed by atoms with van der Waals surface area (Å²) in [6, 6.07) is 14.1. The number of hydrogen-bond donors (Lipinski definition) is 3. The van der Waals surface area contributed by atoms with Gasteiger partial charge in [-0.3, -0.25) is 4.79 Å². The zero-order valence-corrected chi connectivity index (χ0v) is 14.5. The van der Waals surface area contributed by atoms with Gasteiger partial charge in [0.2, 0.25) is 5.91 Å². The van der Waals surface area contributed by atoms with Crippen LogP contribution in [-0.4, -0.2) is 18.2 Å². The van der Waals surface area contributed by atoms with Crippen LogP contribution in [0.3, 0.4) is 0 Å². The number of aryl methyl sites for hydroxylation is 1. The molecule has 0 bridgehead atoms. The lowest BCUT2D eigenvalue weighted by Crippen LogP contribution is -2.35. The Bertz CT molecular complexity index is 734. The SMILES string of the molecule is CSc1cccc(NC(=O)CC(NC(N)=O)c2ccccc2C)c1. The zero-order chi connectivity index (χ0) is 17.5. The quantitative estimate of drug-likeness (QED) is 0.702. The van der Waals surface area contributed by atoms with Gasteiger partial charge in [-0.05, 0) is 42.5 Å². The van der Waals surface area contributed by atoms with Crippen molar-refractivity contribution in [3.8, 4) is 0 Å². The third-order valence-electron chi connectivity index (χ3n) is 3.62. The average molecular weight is 343 g/mol. The molecule has 126 valence electrons. The van der Waals surface area contributed by atoms with Crippen molar-refractivity contribution in [3.05, 3.63) is 59.7 Å². The Labute approximate surface area is 146 Å². The third-order valence-corrected chi connectivity index (χ3v) is 4.35. The lowest BCUT2D eigenvalue weighted by Gasteiger charge is -2.19. The van der Waals surface area contributed by atoms with E-state index in [4.69, 9.17) is 5.73 Å². The molecule has 0 heterocycles. The molecular formula is C18H21N3O2S. The van der Waals surface area contributed by atoms with Crippen LogP contribution < -0.4 is 16.4 Å². The highest BCUT2D eigenvalue weighted by molar-refractivity contribution is 7.98. The van der Waals surface area contributed by atoms with E-state index in [1.54, 1.807) is 11.8 Å². The maximum absolute atomic E-state index is 12.4. The molecule has 6 heteroatoms. The minimum atomic E-state index is -0.652. The lowest BCUT2D eigenvalue weighted by molar-refractivity contribution is -0.116. The first-order valence-electron chi connectivity index (χ1n) is 7.55. The number of amides is 3. The number of hydrogen-bond acceptors (Lipinski definition) is 3. The number of anilines is 1. The summed E-state index contributed by atoms with van der Waals surface area (Å²) >= 11 is 1.61. The fourth-order valence-corrected chi connectivity index (χ4v) is 2.95. The van der Waals surface area contributed by atoms with Crippen LogP contribution >= 0.6 is 11.8 Å². The normalized spacial score (nSPS) is 11.6. The lowest BCUT2D eigenvalue weighted by atomic mass is 9.98. The molecule has 0 saturated heterocycles. The van der Waals surface area contributed by atoms with Crippen LogP contribution in [0.25, 0.3) is 0 Å². The van der Waals surface area contributed by atoms with Gasteiger partial charge in [-0.25, -0.2) is 4.79 Å². The number of thioether (sulfide) groups is 1. The van der Waals surface area contributed by atoms with Crippen LogP contribution in [0.2, 0.25) is 0 Å². The summed E-state index contributed by atoms with van der Waals surface area (Å²) in [5.74, 6) is -0.185. The molecule has 0 radical (unpaired) electrons. The monoisotopic (exact) mass is 343 g/mol. The third kappa shape index (κ3) is 5.03. The molecule has 0 aliphatic carbocycles. The van der Waals surface area contributed by atoms with E-state index >= 15 is 0 Å². The first-order valence-corrected chi connectivity index (χ1v) is 8.77. The highest BCUT2D eigenvalue weighted by Gasteiger charge is 2.19. The first-order chi connectivity index (χ1) is 11.5. The molecule has 0 aromatic heterocycles. The van der Waals surface area contributed by atoms with E-state index in [-0.39, 0.29) is 12.3 Å². The van der Waals surface area contributed by atoms with Crippen molar-refractivity contribution in [2.45, 2.75) is 24.3 Å². The molecule has 3 amide bonds. The summed E-state index contributed by atoms with van der Waals surface area (Å²) in [5.41, 5.74) is 7.87. The van der Waals surface area contributed by atoms with Gasteiger partial charge in [-0.2, -0.15) is 0 Å². The fraction of sp³-hybridized carbons (Fsp3) is 0.222. The maximum Gasteiger partial charge on any atom is 0.312 e. The fourth-order valence-electron chi connectivity index (χ4n) is 2.49. The second kappa shape index (κ2) is 8.40. The molecule has 2 aromatic rings. The molecule has 0 spiro atoms. The average Bonchev–Trinajstić information content (AvgIpc) is 2.54. The smallest absolute Gasteiger partial charge is 0.312 e. The second-order valence-electron chi connectivity index (χ2n) is 5.40. The molecule has 1 atom stereocenters. The number of benzene rings is 2. The van der Waals surface area contributed by atoms with Gasteiger partial charge >= 0.3 is 6.03 Å². The minimum Gasteiger partial charge on any atom is -0.352 e. The summed E-state index contributed by atoms with van der Waals surface area (Å²) < 4.78 is 0. The predicted molar refractivity (Wildman–Crippen MR) is 98.1 cm³/mol. The maximum atomic E-state index is 12.4. The Kier molecular flexibility index (Phi) is 6.26. The van der Waals surface area contributed by atoms with Gasteiger partial charge in [-0.1, -0.05) is 30.3 Å². The number of primary amides is 1. The largest absolute Gasteiger partial charge is 0.352 e. The molecule has 5 nitrogen and oxygen atoms in total. The van der Waals surface area contributed by atoms with Gasteiger partial charge in [0, 0.05) is 10.6 Å². The van der Waals surface area contributed by atoms with E-state index in [0.717, 1.165) is 21.7 Å². The standard InChI is InChI=1S/C18H21N3O2S/c1-12-6-3-4-9-15(12)16(21-18(19)23)11-17(22)20-13-7-5-8-14(10-13)24-2/h3-10,16H,11H2,1-2H3,(H,20,22)(H3,19,21,23). The van der Waals surface area contributed by atoms with Crippen molar-refractivity contribution >= 4 is 29.4 Å². The van der Waals surface area contributed by atoms with Crippen molar-refractivity contribution in [1.82, 2.24) is 5.32 Å². The van der Waals surface area contributed by atoms with Crippen LogP contribution in [0.4, 0.5) is 10.5 Å². The van der Waals surface area contributed by atoms with Gasteiger partial charge < -0.3 is 16.4 Å². The molecule has 0 aliphatic rings. The van der Waals surface area contributed by atoms with E-state index in [1.807, 2.05) is 61.7 Å². The van der Waals surface area contributed by atoms with E-state index < -0.39 is 12.1 Å². The molecule has 0 aliphatic heterocycles. The number of carbonyl (C=O) groups is 2. The number of urea groups is 1. The molecule has 0 saturated carbocycles. The van der Waals surface area contributed by atoms with Crippen LogP contribution in [0, 0.1) is 6.92 Å². The highest BCUT2D eigenvalue weighted by Crippen LogP contribution is 2.23. The van der Waals surface area contributed by atoms with Gasteiger partial charge in [0.15, 0.2) is 0 Å². The van der Waals surface area contributed by atoms with Crippen molar-refractivity contribution in [1.29, 1.82) is 0 Å². The van der Waals surface area contributed by atoms with E-state index in [2.05, 4.69) is 10.6 Å². The van der Waals surface area contributed by atoms with Crippen LogP contribution in [0.15, 0.2) is 53.4 Å². The number of nitrogens with one attached hydrogen (secondary N) is 2. The van der Waals surface area contributed by atoms with Crippen molar-refractivity contribution in [2.24, 2.45) is 5.73 Å². The Hall–Kier alpha value is -2.47. The molecule has 4 N–H and O–H groups in total. The first kappa shape index (κ1) is 17.9. The van der Waals surface area contributed by atoms with Crippen molar-refractivity contribution in [2.75, 3.05) is 11.6 Å². The van der Waals surface area contributed by atoms with Crippen LogP contribution in [-0.2, 0) is 4.79 Å².